The van der Waals surface area contributed by atoms with Crippen molar-refractivity contribution in [3.05, 3.63) is 30.4 Å². The van der Waals surface area contributed by atoms with E-state index in [0.717, 1.165) is 48.2 Å². The van der Waals surface area contributed by atoms with E-state index >= 15 is 0 Å². The summed E-state index contributed by atoms with van der Waals surface area (Å²) in [7, 11) is 2.14. The van der Waals surface area contributed by atoms with Crippen molar-refractivity contribution in [1.82, 2.24) is 29.0 Å². The molecule has 2 fully saturated rings. The van der Waals surface area contributed by atoms with E-state index < -0.39 is 0 Å². The molecule has 27 heavy (non-hydrogen) atoms. The van der Waals surface area contributed by atoms with E-state index in [-0.39, 0.29) is 0 Å². The van der Waals surface area contributed by atoms with Gasteiger partial charge in [-0.15, -0.1) is 0 Å². The fraction of sp³-hybridized carbons (Fsp3) is 0.550. The van der Waals surface area contributed by atoms with Gasteiger partial charge in [-0.25, -0.2) is 9.97 Å². The van der Waals surface area contributed by atoms with Crippen LogP contribution in [0, 0.1) is 6.92 Å². The molecule has 7 nitrogen and oxygen atoms in total. The Balaban J connectivity index is 0.000000872. The Morgan fingerprint density at radius 3 is 2.56 bits per heavy atom. The fourth-order valence-electron chi connectivity index (χ4n) is 3.75. The number of rotatable bonds is 3. The maximum Gasteiger partial charge on any atom is 0.180 e. The number of anilines is 1. The molecular formula is C20H29N7. The number of aromatic nitrogens is 5. The molecule has 5 rings (SSSR count). The second-order valence-corrected chi connectivity index (χ2v) is 7.43. The van der Waals surface area contributed by atoms with Crippen LogP contribution in [0.2, 0.25) is 0 Å². The molecule has 1 atom stereocenters. The lowest BCUT2D eigenvalue weighted by molar-refractivity contribution is 0.131. The standard InChI is InChI=1S/C18H23N7.C2H6/c1-12-4-6-23(12)18-17-19-8-13(2)24(17)11-16(20-18)15-5-7-25(21-15)14-9-22(3)10-14;1-2/h5,7-8,11-12,14H,4,6,9-10H2,1-3H3;1-2H3/t12-;/m0./s1. The Labute approximate surface area is 160 Å². The van der Waals surface area contributed by atoms with Crippen LogP contribution in [0.15, 0.2) is 24.7 Å². The van der Waals surface area contributed by atoms with Gasteiger partial charge in [0.2, 0.25) is 0 Å². The van der Waals surface area contributed by atoms with E-state index in [2.05, 4.69) is 63.2 Å². The summed E-state index contributed by atoms with van der Waals surface area (Å²) >= 11 is 0. The number of fused-ring (bicyclic) bond motifs is 1. The third-order valence-corrected chi connectivity index (χ3v) is 5.54. The molecule has 0 spiro atoms. The van der Waals surface area contributed by atoms with E-state index in [1.807, 2.05) is 20.0 Å². The Hall–Kier alpha value is -2.41. The number of likely N-dealkylation sites (N-methyl/N-ethyl adjacent to an activating group) is 1. The summed E-state index contributed by atoms with van der Waals surface area (Å²) in [5.41, 5.74) is 3.90. The first kappa shape index (κ1) is 18.0. The largest absolute Gasteiger partial charge is 0.351 e. The second-order valence-electron chi connectivity index (χ2n) is 7.43. The van der Waals surface area contributed by atoms with Crippen molar-refractivity contribution in [2.45, 2.75) is 46.2 Å². The van der Waals surface area contributed by atoms with E-state index in [9.17, 15) is 0 Å². The highest BCUT2D eigenvalue weighted by atomic mass is 15.4. The Morgan fingerprint density at radius 1 is 1.15 bits per heavy atom. The van der Waals surface area contributed by atoms with Crippen LogP contribution in [0.1, 0.15) is 38.9 Å². The molecule has 3 aromatic rings. The number of likely N-dealkylation sites (tertiary alicyclic amines) is 1. The lowest BCUT2D eigenvalue weighted by Gasteiger charge is -2.39. The molecule has 5 heterocycles. The maximum atomic E-state index is 4.94. The van der Waals surface area contributed by atoms with Gasteiger partial charge in [0.25, 0.3) is 0 Å². The molecule has 0 unspecified atom stereocenters. The van der Waals surface area contributed by atoms with Crippen molar-refractivity contribution < 1.29 is 0 Å². The van der Waals surface area contributed by atoms with Crippen LogP contribution in [0.5, 0.6) is 0 Å². The SMILES string of the molecule is CC.Cc1cnc2c(N3CC[C@@H]3C)nc(-c3ccn(C4CN(C)C4)n3)cn12. The van der Waals surface area contributed by atoms with E-state index in [4.69, 9.17) is 10.1 Å². The summed E-state index contributed by atoms with van der Waals surface area (Å²) in [5.74, 6) is 0.974. The molecular weight excluding hydrogens is 338 g/mol. The van der Waals surface area contributed by atoms with Gasteiger partial charge in [0, 0.05) is 50.0 Å². The molecule has 2 aliphatic rings. The highest BCUT2D eigenvalue weighted by Gasteiger charge is 2.29. The van der Waals surface area contributed by atoms with Crippen LogP contribution in [0.3, 0.4) is 0 Å². The number of hydrogen-bond donors (Lipinski definition) is 0. The van der Waals surface area contributed by atoms with Crippen LogP contribution in [0.4, 0.5) is 5.82 Å². The van der Waals surface area contributed by atoms with E-state index in [1.54, 1.807) is 0 Å². The first-order valence-corrected chi connectivity index (χ1v) is 9.95. The Morgan fingerprint density at radius 2 is 1.93 bits per heavy atom. The molecule has 2 saturated heterocycles. The van der Waals surface area contributed by atoms with Crippen molar-refractivity contribution in [3.63, 3.8) is 0 Å². The minimum atomic E-state index is 0.479. The summed E-state index contributed by atoms with van der Waals surface area (Å²) in [6.07, 6.45) is 7.26. The summed E-state index contributed by atoms with van der Waals surface area (Å²) in [5, 5.41) is 4.80. The summed E-state index contributed by atoms with van der Waals surface area (Å²) in [6, 6.07) is 3.07. The highest BCUT2D eigenvalue weighted by molar-refractivity contribution is 5.70. The van der Waals surface area contributed by atoms with Gasteiger partial charge in [-0.3, -0.25) is 9.08 Å². The molecule has 144 valence electrons. The van der Waals surface area contributed by atoms with Crippen LogP contribution in [-0.2, 0) is 0 Å². The number of aryl methyl sites for hydroxylation is 1. The summed E-state index contributed by atoms with van der Waals surface area (Å²) in [4.78, 5) is 14.2. The van der Waals surface area contributed by atoms with Gasteiger partial charge in [-0.05, 0) is 33.4 Å². The Kier molecular flexibility index (Phi) is 4.63. The van der Waals surface area contributed by atoms with Gasteiger partial charge >= 0.3 is 0 Å². The zero-order valence-corrected chi connectivity index (χ0v) is 16.9. The predicted molar refractivity (Wildman–Crippen MR) is 108 cm³/mol. The molecule has 0 saturated carbocycles. The normalized spacial score (nSPS) is 20.2. The highest BCUT2D eigenvalue weighted by Crippen LogP contribution is 2.31. The fourth-order valence-corrected chi connectivity index (χ4v) is 3.75. The lowest BCUT2D eigenvalue weighted by atomic mass is 10.1. The molecule has 3 aromatic heterocycles. The molecule has 0 radical (unpaired) electrons. The third kappa shape index (κ3) is 3.00. The number of hydrogen-bond acceptors (Lipinski definition) is 5. The van der Waals surface area contributed by atoms with Crippen molar-refractivity contribution >= 4 is 11.5 Å². The second kappa shape index (κ2) is 6.96. The zero-order chi connectivity index (χ0) is 19.1. The molecule has 0 amide bonds. The van der Waals surface area contributed by atoms with E-state index in [1.165, 1.54) is 6.42 Å². The monoisotopic (exact) mass is 367 g/mol. The molecule has 0 bridgehead atoms. The van der Waals surface area contributed by atoms with E-state index in [0.29, 0.717) is 12.1 Å². The first-order valence-electron chi connectivity index (χ1n) is 9.95. The smallest absolute Gasteiger partial charge is 0.180 e. The molecule has 7 heteroatoms. The van der Waals surface area contributed by atoms with Crippen LogP contribution < -0.4 is 4.90 Å². The molecule has 0 aromatic carbocycles. The summed E-state index contributed by atoms with van der Waals surface area (Å²) in [6.45, 7) is 11.5. The quantitative estimate of drug-likeness (QED) is 0.712. The van der Waals surface area contributed by atoms with Gasteiger partial charge in [-0.1, -0.05) is 13.8 Å². The average molecular weight is 368 g/mol. The van der Waals surface area contributed by atoms with Gasteiger partial charge in [0.1, 0.15) is 11.4 Å². The lowest BCUT2D eigenvalue weighted by Crippen LogP contribution is -2.46. The zero-order valence-electron chi connectivity index (χ0n) is 16.9. The number of imidazole rings is 1. The maximum absolute atomic E-state index is 4.94. The van der Waals surface area contributed by atoms with Crippen LogP contribution in [-0.4, -0.2) is 61.8 Å². The van der Waals surface area contributed by atoms with Gasteiger partial charge in [0.15, 0.2) is 11.5 Å². The summed E-state index contributed by atoms with van der Waals surface area (Å²) < 4.78 is 4.22. The first-order chi connectivity index (χ1) is 13.1. The predicted octanol–water partition coefficient (Wildman–Crippen LogP) is 3.01. The van der Waals surface area contributed by atoms with Crippen molar-refractivity contribution in [3.8, 4) is 11.4 Å². The topological polar surface area (TPSA) is 54.5 Å². The van der Waals surface area contributed by atoms with Crippen LogP contribution in [0.25, 0.3) is 17.0 Å². The molecule has 0 N–H and O–H groups in total. The minimum Gasteiger partial charge on any atom is -0.351 e. The molecule has 0 aliphatic carbocycles. The van der Waals surface area contributed by atoms with Gasteiger partial charge in [0.05, 0.1) is 6.04 Å². The van der Waals surface area contributed by atoms with Crippen molar-refractivity contribution in [2.24, 2.45) is 0 Å². The Bertz CT molecular complexity index is 935. The third-order valence-electron chi connectivity index (χ3n) is 5.54. The molecule has 2 aliphatic heterocycles. The van der Waals surface area contributed by atoms with Crippen LogP contribution >= 0.6 is 0 Å². The average Bonchev–Trinajstić information content (AvgIpc) is 3.27. The minimum absolute atomic E-state index is 0.479. The van der Waals surface area contributed by atoms with Gasteiger partial charge < -0.3 is 9.80 Å². The van der Waals surface area contributed by atoms with Gasteiger partial charge in [-0.2, -0.15) is 5.10 Å². The van der Waals surface area contributed by atoms with Crippen molar-refractivity contribution in [1.29, 1.82) is 0 Å². The number of nitrogens with zero attached hydrogens (tertiary/aromatic N) is 7. The van der Waals surface area contributed by atoms with Crippen molar-refractivity contribution in [2.75, 3.05) is 31.6 Å².